The molecule has 9 nitrogen and oxygen atoms in total. The zero-order valence-electron chi connectivity index (χ0n) is 18.0. The van der Waals surface area contributed by atoms with Gasteiger partial charge in [0.1, 0.15) is 5.82 Å². The predicted octanol–water partition coefficient (Wildman–Crippen LogP) is 4.05. The van der Waals surface area contributed by atoms with Crippen LogP contribution in [0.3, 0.4) is 0 Å². The van der Waals surface area contributed by atoms with Crippen LogP contribution in [0.4, 0.5) is 5.82 Å². The summed E-state index contributed by atoms with van der Waals surface area (Å²) >= 11 is 3.60. The van der Waals surface area contributed by atoms with Crippen LogP contribution in [-0.2, 0) is 9.53 Å². The fourth-order valence-electron chi connectivity index (χ4n) is 4.53. The summed E-state index contributed by atoms with van der Waals surface area (Å²) in [7, 11) is 1.46. The van der Waals surface area contributed by atoms with E-state index in [4.69, 9.17) is 15.5 Å². The number of anilines is 1. The second kappa shape index (κ2) is 8.27. The van der Waals surface area contributed by atoms with Gasteiger partial charge in [0.05, 0.1) is 28.2 Å². The molecule has 0 spiro atoms. The van der Waals surface area contributed by atoms with Crippen LogP contribution in [0.15, 0.2) is 53.4 Å². The Morgan fingerprint density at radius 1 is 1.21 bits per heavy atom. The third-order valence-electron chi connectivity index (χ3n) is 6.52. The van der Waals surface area contributed by atoms with E-state index in [1.54, 1.807) is 21.6 Å². The largest absolute Gasteiger partial charge is 0.479 e. The summed E-state index contributed by atoms with van der Waals surface area (Å²) in [5.41, 5.74) is 9.39. The zero-order chi connectivity index (χ0) is 23.2. The molecule has 1 saturated carbocycles. The maximum Gasteiger partial charge on any atom is 0.335 e. The van der Waals surface area contributed by atoms with Crippen LogP contribution in [0.2, 0.25) is 0 Å². The Balaban J connectivity index is 1.52. The normalized spacial score (nSPS) is 20.8. The highest BCUT2D eigenvalue weighted by atomic mass is 79.9. The van der Waals surface area contributed by atoms with Crippen molar-refractivity contribution in [3.05, 3.63) is 59.1 Å². The van der Waals surface area contributed by atoms with Crippen LogP contribution in [0.1, 0.15) is 37.3 Å². The standard InChI is InChI=1S/C23H23BrN6O3/c1-33-23(22(31)32)9-7-14(8-10-23)19-18(24)20(25)30-21(28-19)17(12-27-30)15-11-26-29(13-15)16-5-3-2-4-6-16/h2-6,11-14H,7-10,25H2,1H3,(H,31,32)/t14-,23-. The fourth-order valence-corrected chi connectivity index (χ4v) is 5.11. The first-order valence-electron chi connectivity index (χ1n) is 10.6. The minimum absolute atomic E-state index is 0.0593. The summed E-state index contributed by atoms with van der Waals surface area (Å²) in [6, 6.07) is 9.86. The molecule has 1 fully saturated rings. The molecule has 0 radical (unpaired) electrons. The van der Waals surface area contributed by atoms with E-state index in [2.05, 4.69) is 26.1 Å². The summed E-state index contributed by atoms with van der Waals surface area (Å²) in [6.45, 7) is 0. The topological polar surface area (TPSA) is 121 Å². The molecule has 3 N–H and O–H groups in total. The van der Waals surface area contributed by atoms with Crippen molar-refractivity contribution in [2.45, 2.75) is 37.2 Å². The summed E-state index contributed by atoms with van der Waals surface area (Å²) in [4.78, 5) is 16.7. The highest BCUT2D eigenvalue weighted by Gasteiger charge is 2.43. The number of nitrogens with two attached hydrogens (primary N) is 1. The lowest BCUT2D eigenvalue weighted by atomic mass is 9.77. The first-order valence-corrected chi connectivity index (χ1v) is 11.4. The van der Waals surface area contributed by atoms with Crippen molar-refractivity contribution in [1.29, 1.82) is 0 Å². The summed E-state index contributed by atoms with van der Waals surface area (Å²) in [5, 5.41) is 18.5. The molecule has 0 amide bonds. The fraction of sp³-hybridized carbons (Fsp3) is 0.304. The molecule has 33 heavy (non-hydrogen) atoms. The lowest BCUT2D eigenvalue weighted by Crippen LogP contribution is -2.43. The Morgan fingerprint density at radius 3 is 2.61 bits per heavy atom. The van der Waals surface area contributed by atoms with Crippen LogP contribution in [-0.4, -0.2) is 48.2 Å². The third kappa shape index (κ3) is 3.59. The molecule has 3 heterocycles. The van der Waals surface area contributed by atoms with Gasteiger partial charge in [-0.3, -0.25) is 0 Å². The van der Waals surface area contributed by atoms with Crippen LogP contribution in [0.5, 0.6) is 0 Å². The first kappa shape index (κ1) is 21.6. The number of carboxylic acids is 1. The van der Waals surface area contributed by atoms with Crippen molar-refractivity contribution in [3.8, 4) is 16.8 Å². The van der Waals surface area contributed by atoms with Gasteiger partial charge < -0.3 is 15.6 Å². The molecule has 3 aromatic heterocycles. The summed E-state index contributed by atoms with van der Waals surface area (Å²) in [6.07, 6.45) is 7.56. The van der Waals surface area contributed by atoms with Gasteiger partial charge >= 0.3 is 5.97 Å². The maximum absolute atomic E-state index is 11.7. The van der Waals surface area contributed by atoms with Gasteiger partial charge in [-0.2, -0.15) is 14.7 Å². The molecule has 0 aliphatic heterocycles. The Hall–Kier alpha value is -3.24. The van der Waals surface area contributed by atoms with Gasteiger partial charge in [0.2, 0.25) is 0 Å². The van der Waals surface area contributed by atoms with Crippen LogP contribution in [0, 0.1) is 0 Å². The minimum atomic E-state index is -1.13. The Labute approximate surface area is 198 Å². The van der Waals surface area contributed by atoms with Crippen molar-refractivity contribution in [2.24, 2.45) is 0 Å². The molecule has 0 atom stereocenters. The number of methoxy groups -OCH3 is 1. The Kier molecular flexibility index (Phi) is 5.41. The SMILES string of the molecule is CO[C@]1(C(=O)O)CC[C@@H](c2nc3c(-c4cnn(-c5ccccc5)c4)cnn3c(N)c2Br)CC1. The predicted molar refractivity (Wildman–Crippen MR) is 126 cm³/mol. The molecule has 0 saturated heterocycles. The average Bonchev–Trinajstić information content (AvgIpc) is 3.49. The third-order valence-corrected chi connectivity index (χ3v) is 7.34. The number of carbonyl (C=O) groups is 1. The highest BCUT2D eigenvalue weighted by molar-refractivity contribution is 9.10. The minimum Gasteiger partial charge on any atom is -0.479 e. The van der Waals surface area contributed by atoms with Gasteiger partial charge in [-0.05, 0) is 53.7 Å². The number of rotatable bonds is 5. The van der Waals surface area contributed by atoms with Crippen molar-refractivity contribution < 1.29 is 14.6 Å². The van der Waals surface area contributed by atoms with Gasteiger partial charge in [0, 0.05) is 30.4 Å². The van der Waals surface area contributed by atoms with E-state index in [0.29, 0.717) is 41.6 Å². The van der Waals surface area contributed by atoms with Crippen molar-refractivity contribution in [2.75, 3.05) is 12.8 Å². The van der Waals surface area contributed by atoms with Crippen molar-refractivity contribution in [3.63, 3.8) is 0 Å². The summed E-state index contributed by atoms with van der Waals surface area (Å²) in [5.74, 6) is -0.401. The van der Waals surface area contributed by atoms with E-state index >= 15 is 0 Å². The number of para-hydroxylation sites is 1. The number of hydrogen-bond donors (Lipinski definition) is 2. The molecule has 1 aliphatic rings. The number of benzene rings is 1. The van der Waals surface area contributed by atoms with Crippen molar-refractivity contribution in [1.82, 2.24) is 24.4 Å². The Morgan fingerprint density at radius 2 is 1.94 bits per heavy atom. The van der Waals surface area contributed by atoms with Crippen LogP contribution in [0.25, 0.3) is 22.5 Å². The van der Waals surface area contributed by atoms with Crippen molar-refractivity contribution >= 4 is 33.4 Å². The van der Waals surface area contributed by atoms with Gasteiger partial charge in [-0.25, -0.2) is 14.5 Å². The number of halogens is 1. The molecule has 0 unspecified atom stereocenters. The molecule has 170 valence electrons. The molecule has 1 aliphatic carbocycles. The Bertz CT molecular complexity index is 1320. The average molecular weight is 511 g/mol. The lowest BCUT2D eigenvalue weighted by Gasteiger charge is -2.35. The van der Waals surface area contributed by atoms with E-state index < -0.39 is 11.6 Å². The van der Waals surface area contributed by atoms with Crippen LogP contribution >= 0.6 is 15.9 Å². The molecular formula is C23H23BrN6O3. The van der Waals surface area contributed by atoms with E-state index in [1.807, 2.05) is 36.5 Å². The van der Waals surface area contributed by atoms with Gasteiger partial charge in [0.15, 0.2) is 11.2 Å². The second-order valence-corrected chi connectivity index (χ2v) is 9.07. The van der Waals surface area contributed by atoms with Gasteiger partial charge in [-0.15, -0.1) is 0 Å². The monoisotopic (exact) mass is 510 g/mol. The number of nitrogen functional groups attached to an aromatic ring is 1. The number of ether oxygens (including phenoxy) is 1. The molecule has 1 aromatic carbocycles. The maximum atomic E-state index is 11.7. The van der Waals surface area contributed by atoms with E-state index in [-0.39, 0.29) is 5.92 Å². The first-order chi connectivity index (χ1) is 15.9. The molecule has 5 rings (SSSR count). The molecular weight excluding hydrogens is 488 g/mol. The molecule has 10 heteroatoms. The lowest BCUT2D eigenvalue weighted by molar-refractivity contribution is -0.166. The number of aliphatic carboxylic acids is 1. The highest BCUT2D eigenvalue weighted by Crippen LogP contribution is 2.43. The summed E-state index contributed by atoms with van der Waals surface area (Å²) < 4.78 is 9.48. The van der Waals surface area contributed by atoms with Crippen LogP contribution < -0.4 is 5.73 Å². The van der Waals surface area contributed by atoms with E-state index in [0.717, 1.165) is 22.5 Å². The molecule has 0 bridgehead atoms. The van der Waals surface area contributed by atoms with Gasteiger partial charge in [0.25, 0.3) is 0 Å². The number of hydrogen-bond acceptors (Lipinski definition) is 6. The smallest absolute Gasteiger partial charge is 0.335 e. The zero-order valence-corrected chi connectivity index (χ0v) is 19.6. The van der Waals surface area contributed by atoms with E-state index in [9.17, 15) is 9.90 Å². The van der Waals surface area contributed by atoms with E-state index in [1.165, 1.54) is 7.11 Å². The second-order valence-electron chi connectivity index (χ2n) is 8.28. The number of aromatic nitrogens is 5. The van der Waals surface area contributed by atoms with Gasteiger partial charge in [-0.1, -0.05) is 18.2 Å². The number of carboxylic acid groups (broad SMARTS) is 1. The quantitative estimate of drug-likeness (QED) is 0.415. The number of nitrogens with zero attached hydrogens (tertiary/aromatic N) is 5. The number of fused-ring (bicyclic) bond motifs is 1. The molecule has 4 aromatic rings.